The first-order chi connectivity index (χ1) is 15.1. The zero-order valence-corrected chi connectivity index (χ0v) is 19.5. The van der Waals surface area contributed by atoms with Crippen LogP contribution in [0.5, 0.6) is 11.5 Å². The van der Waals surface area contributed by atoms with Crippen LogP contribution >= 0.6 is 11.8 Å². The Labute approximate surface area is 191 Å². The maximum absolute atomic E-state index is 13.0. The number of alkyl halides is 3. The number of hydrogen-bond acceptors (Lipinski definition) is 4. The van der Waals surface area contributed by atoms with E-state index in [0.29, 0.717) is 30.1 Å². The second-order valence-electron chi connectivity index (χ2n) is 8.38. The van der Waals surface area contributed by atoms with E-state index >= 15 is 0 Å². The number of amides is 1. The highest BCUT2D eigenvalue weighted by Crippen LogP contribution is 2.40. The first-order valence-corrected chi connectivity index (χ1v) is 11.7. The van der Waals surface area contributed by atoms with Crippen molar-refractivity contribution in [2.75, 3.05) is 18.8 Å². The predicted octanol–water partition coefficient (Wildman–Crippen LogP) is 6.19. The standard InChI is InChI=1S/C24H29F3N2O2S/c1-16(2)28(17(3)4)11-12-29-22(30)15-32-23(29)18-7-5-9-20(13-18)31-21-10-6-8-19(14-21)24(25,26)27/h5-10,13-14,16-17,23H,11-12,15H2,1-4H3. The molecule has 1 fully saturated rings. The lowest BCUT2D eigenvalue weighted by atomic mass is 10.1. The van der Waals surface area contributed by atoms with E-state index in [1.54, 1.807) is 30.0 Å². The van der Waals surface area contributed by atoms with Crippen LogP contribution in [-0.2, 0) is 11.0 Å². The van der Waals surface area contributed by atoms with Crippen molar-refractivity contribution in [3.8, 4) is 11.5 Å². The van der Waals surface area contributed by atoms with E-state index in [-0.39, 0.29) is 17.0 Å². The van der Waals surface area contributed by atoms with Crippen LogP contribution in [0.2, 0.25) is 0 Å². The molecule has 1 saturated heterocycles. The highest BCUT2D eigenvalue weighted by molar-refractivity contribution is 8.00. The lowest BCUT2D eigenvalue weighted by molar-refractivity contribution is -0.137. The minimum atomic E-state index is -4.43. The van der Waals surface area contributed by atoms with Gasteiger partial charge in [-0.3, -0.25) is 9.69 Å². The molecule has 2 aromatic rings. The van der Waals surface area contributed by atoms with Crippen molar-refractivity contribution in [3.63, 3.8) is 0 Å². The summed E-state index contributed by atoms with van der Waals surface area (Å²) in [5.74, 6) is 1.06. The first-order valence-electron chi connectivity index (χ1n) is 10.7. The maximum Gasteiger partial charge on any atom is 0.416 e. The number of hydrogen-bond donors (Lipinski definition) is 0. The lowest BCUT2D eigenvalue weighted by Gasteiger charge is -2.33. The number of ether oxygens (including phenoxy) is 1. The molecule has 0 aliphatic carbocycles. The number of carbonyl (C=O) groups excluding carboxylic acids is 1. The van der Waals surface area contributed by atoms with Crippen molar-refractivity contribution in [2.45, 2.75) is 51.3 Å². The third-order valence-corrected chi connectivity index (χ3v) is 6.69. The number of rotatable bonds is 8. The molecule has 4 nitrogen and oxygen atoms in total. The molecule has 0 radical (unpaired) electrons. The third-order valence-electron chi connectivity index (χ3n) is 5.43. The number of halogens is 3. The average Bonchev–Trinajstić information content (AvgIpc) is 3.08. The molecule has 174 valence electrons. The summed E-state index contributed by atoms with van der Waals surface area (Å²) < 4.78 is 44.7. The molecule has 1 unspecified atom stereocenters. The van der Waals surface area contributed by atoms with Gasteiger partial charge in [0.05, 0.1) is 11.3 Å². The van der Waals surface area contributed by atoms with Gasteiger partial charge in [-0.15, -0.1) is 11.8 Å². The van der Waals surface area contributed by atoms with E-state index in [9.17, 15) is 18.0 Å². The molecule has 32 heavy (non-hydrogen) atoms. The van der Waals surface area contributed by atoms with Crippen molar-refractivity contribution in [3.05, 3.63) is 59.7 Å². The van der Waals surface area contributed by atoms with Crippen LogP contribution in [0.1, 0.15) is 44.2 Å². The van der Waals surface area contributed by atoms with Gasteiger partial charge in [0.25, 0.3) is 0 Å². The quantitative estimate of drug-likeness (QED) is 0.464. The number of carbonyl (C=O) groups is 1. The second-order valence-corrected chi connectivity index (χ2v) is 9.44. The molecule has 1 aliphatic rings. The van der Waals surface area contributed by atoms with Gasteiger partial charge in [-0.25, -0.2) is 0 Å². The Kier molecular flexibility index (Phi) is 7.77. The summed E-state index contributed by atoms with van der Waals surface area (Å²) in [4.78, 5) is 16.8. The zero-order chi connectivity index (χ0) is 23.5. The van der Waals surface area contributed by atoms with Crippen LogP contribution in [0.15, 0.2) is 48.5 Å². The van der Waals surface area contributed by atoms with Crippen LogP contribution in [0.3, 0.4) is 0 Å². The molecule has 0 bridgehead atoms. The molecule has 3 rings (SSSR count). The van der Waals surface area contributed by atoms with Gasteiger partial charge in [0.15, 0.2) is 0 Å². The van der Waals surface area contributed by atoms with Gasteiger partial charge < -0.3 is 9.64 Å². The summed E-state index contributed by atoms with van der Waals surface area (Å²) in [6.07, 6.45) is -4.43. The van der Waals surface area contributed by atoms with Crippen molar-refractivity contribution in [1.29, 1.82) is 0 Å². The van der Waals surface area contributed by atoms with Crippen molar-refractivity contribution >= 4 is 17.7 Å². The molecule has 0 N–H and O–H groups in total. The van der Waals surface area contributed by atoms with E-state index < -0.39 is 11.7 Å². The van der Waals surface area contributed by atoms with Gasteiger partial charge in [0, 0.05) is 25.2 Å². The summed E-state index contributed by atoms with van der Waals surface area (Å²) in [6, 6.07) is 12.8. The highest BCUT2D eigenvalue weighted by atomic mass is 32.2. The Morgan fingerprint density at radius 1 is 1.06 bits per heavy atom. The van der Waals surface area contributed by atoms with Gasteiger partial charge in [-0.1, -0.05) is 18.2 Å². The number of benzene rings is 2. The van der Waals surface area contributed by atoms with Crippen molar-refractivity contribution in [2.24, 2.45) is 0 Å². The largest absolute Gasteiger partial charge is 0.457 e. The molecule has 0 spiro atoms. The Bertz CT molecular complexity index is 925. The molecule has 2 aromatic carbocycles. The van der Waals surface area contributed by atoms with Crippen molar-refractivity contribution < 1.29 is 22.7 Å². The van der Waals surface area contributed by atoms with Crippen LogP contribution in [0.4, 0.5) is 13.2 Å². The summed E-state index contributed by atoms with van der Waals surface area (Å²) in [7, 11) is 0. The molecular weight excluding hydrogens is 437 g/mol. The van der Waals surface area contributed by atoms with E-state index in [1.807, 2.05) is 11.0 Å². The molecule has 0 saturated carbocycles. The van der Waals surface area contributed by atoms with Gasteiger partial charge in [0.1, 0.15) is 16.9 Å². The van der Waals surface area contributed by atoms with E-state index in [0.717, 1.165) is 24.2 Å². The molecule has 1 heterocycles. The second kappa shape index (κ2) is 10.2. The number of thioether (sulfide) groups is 1. The minimum absolute atomic E-state index is 0.0941. The first kappa shape index (κ1) is 24.5. The van der Waals surface area contributed by atoms with Gasteiger partial charge in [-0.05, 0) is 63.6 Å². The zero-order valence-electron chi connectivity index (χ0n) is 18.7. The molecule has 1 aliphatic heterocycles. The Balaban J connectivity index is 1.75. The van der Waals surface area contributed by atoms with Crippen molar-refractivity contribution in [1.82, 2.24) is 9.80 Å². The van der Waals surface area contributed by atoms with Crippen LogP contribution in [0, 0.1) is 0 Å². The third kappa shape index (κ3) is 5.98. The fourth-order valence-electron chi connectivity index (χ4n) is 3.91. The minimum Gasteiger partial charge on any atom is -0.457 e. The van der Waals surface area contributed by atoms with E-state index in [1.165, 1.54) is 12.1 Å². The SMILES string of the molecule is CC(C)N(CCN1C(=O)CSC1c1cccc(Oc2cccc(C(F)(F)F)c2)c1)C(C)C. The lowest BCUT2D eigenvalue weighted by Crippen LogP contribution is -2.43. The molecule has 1 atom stereocenters. The summed E-state index contributed by atoms with van der Waals surface area (Å²) in [6.45, 7) is 9.97. The van der Waals surface area contributed by atoms with E-state index in [4.69, 9.17) is 4.74 Å². The van der Waals surface area contributed by atoms with E-state index in [2.05, 4.69) is 32.6 Å². The summed E-state index contributed by atoms with van der Waals surface area (Å²) >= 11 is 1.55. The Hall–Kier alpha value is -2.19. The fraction of sp³-hybridized carbons (Fsp3) is 0.458. The summed E-state index contributed by atoms with van der Waals surface area (Å²) in [5, 5.41) is -0.145. The molecule has 8 heteroatoms. The topological polar surface area (TPSA) is 32.8 Å². The van der Waals surface area contributed by atoms with Gasteiger partial charge >= 0.3 is 6.18 Å². The van der Waals surface area contributed by atoms with Crippen LogP contribution < -0.4 is 4.74 Å². The van der Waals surface area contributed by atoms with Crippen LogP contribution in [-0.4, -0.2) is 46.6 Å². The van der Waals surface area contributed by atoms with Gasteiger partial charge in [0.2, 0.25) is 5.91 Å². The predicted molar refractivity (Wildman–Crippen MR) is 122 cm³/mol. The Morgan fingerprint density at radius 2 is 1.69 bits per heavy atom. The van der Waals surface area contributed by atoms with Crippen LogP contribution in [0.25, 0.3) is 0 Å². The average molecular weight is 467 g/mol. The maximum atomic E-state index is 13.0. The normalized spacial score (nSPS) is 17.1. The summed E-state index contributed by atoms with van der Waals surface area (Å²) in [5.41, 5.74) is 0.139. The fourth-order valence-corrected chi connectivity index (χ4v) is 5.12. The monoisotopic (exact) mass is 466 g/mol. The molecule has 0 aromatic heterocycles. The molecular formula is C24H29F3N2O2S. The highest BCUT2D eigenvalue weighted by Gasteiger charge is 2.33. The number of nitrogens with zero attached hydrogens (tertiary/aromatic N) is 2. The van der Waals surface area contributed by atoms with Gasteiger partial charge in [-0.2, -0.15) is 13.2 Å². The molecule has 1 amide bonds. The Morgan fingerprint density at radius 3 is 2.31 bits per heavy atom. The smallest absolute Gasteiger partial charge is 0.416 e.